The van der Waals surface area contributed by atoms with Crippen molar-refractivity contribution >= 4 is 5.82 Å². The summed E-state index contributed by atoms with van der Waals surface area (Å²) in [4.78, 5) is 8.53. The molecule has 0 amide bonds. The summed E-state index contributed by atoms with van der Waals surface area (Å²) in [5, 5.41) is 7.36. The van der Waals surface area contributed by atoms with Crippen molar-refractivity contribution in [2.75, 3.05) is 5.32 Å². The molecule has 2 rings (SSSR count). The van der Waals surface area contributed by atoms with E-state index in [2.05, 4.69) is 20.4 Å². The number of anilines is 1. The van der Waals surface area contributed by atoms with E-state index in [4.69, 9.17) is 0 Å². The van der Waals surface area contributed by atoms with Crippen LogP contribution >= 0.6 is 0 Å². The molecule has 2 aromatic rings. The van der Waals surface area contributed by atoms with Crippen LogP contribution in [0.5, 0.6) is 0 Å². The van der Waals surface area contributed by atoms with Gasteiger partial charge >= 0.3 is 0 Å². The van der Waals surface area contributed by atoms with Gasteiger partial charge in [0.25, 0.3) is 0 Å². The zero-order valence-corrected chi connectivity index (χ0v) is 9.73. The quantitative estimate of drug-likeness (QED) is 0.845. The first kappa shape index (κ1) is 10.6. The van der Waals surface area contributed by atoms with Crippen molar-refractivity contribution in [3.8, 4) is 0 Å². The van der Waals surface area contributed by atoms with Gasteiger partial charge in [-0.1, -0.05) is 0 Å². The molecule has 2 aromatic heterocycles. The van der Waals surface area contributed by atoms with E-state index in [1.165, 1.54) is 0 Å². The zero-order chi connectivity index (χ0) is 11.5. The minimum Gasteiger partial charge on any atom is -0.366 e. The third-order valence-corrected chi connectivity index (χ3v) is 2.20. The number of rotatable bonds is 3. The second-order valence-corrected chi connectivity index (χ2v) is 3.82. The number of aryl methyl sites for hydroxylation is 3. The van der Waals surface area contributed by atoms with Gasteiger partial charge in [0.2, 0.25) is 0 Å². The van der Waals surface area contributed by atoms with Crippen LogP contribution < -0.4 is 5.32 Å². The predicted octanol–water partition coefficient (Wildman–Crippen LogP) is 1.44. The first-order valence-corrected chi connectivity index (χ1v) is 5.17. The van der Waals surface area contributed by atoms with Crippen LogP contribution in [0.3, 0.4) is 0 Å². The van der Waals surface area contributed by atoms with E-state index in [0.717, 1.165) is 29.4 Å². The van der Waals surface area contributed by atoms with Gasteiger partial charge in [-0.3, -0.25) is 4.68 Å². The smallest absolute Gasteiger partial charge is 0.130 e. The van der Waals surface area contributed by atoms with Crippen molar-refractivity contribution in [3.63, 3.8) is 0 Å². The van der Waals surface area contributed by atoms with Crippen molar-refractivity contribution in [3.05, 3.63) is 35.5 Å². The first-order valence-electron chi connectivity index (χ1n) is 5.17. The minimum absolute atomic E-state index is 0.726. The molecule has 5 nitrogen and oxygen atoms in total. The first-order chi connectivity index (χ1) is 7.63. The van der Waals surface area contributed by atoms with Crippen LogP contribution in [-0.2, 0) is 13.6 Å². The van der Waals surface area contributed by atoms with Gasteiger partial charge in [-0.05, 0) is 13.8 Å². The average molecular weight is 217 g/mol. The highest BCUT2D eigenvalue weighted by Crippen LogP contribution is 2.07. The molecule has 0 aliphatic rings. The largest absolute Gasteiger partial charge is 0.366 e. The van der Waals surface area contributed by atoms with Crippen molar-refractivity contribution in [2.24, 2.45) is 7.05 Å². The van der Waals surface area contributed by atoms with Gasteiger partial charge in [-0.15, -0.1) is 0 Å². The molecule has 0 aliphatic heterocycles. The van der Waals surface area contributed by atoms with Crippen LogP contribution in [0.2, 0.25) is 0 Å². The van der Waals surface area contributed by atoms with Crippen molar-refractivity contribution in [2.45, 2.75) is 20.4 Å². The lowest BCUT2D eigenvalue weighted by Gasteiger charge is -2.05. The van der Waals surface area contributed by atoms with E-state index in [0.29, 0.717) is 0 Å². The maximum atomic E-state index is 4.31. The van der Waals surface area contributed by atoms with E-state index in [1.54, 1.807) is 4.68 Å². The summed E-state index contributed by atoms with van der Waals surface area (Å²) in [6, 6.07) is 1.93. The van der Waals surface area contributed by atoms with Gasteiger partial charge in [0.1, 0.15) is 11.6 Å². The Bertz CT molecular complexity index is 469. The van der Waals surface area contributed by atoms with Gasteiger partial charge in [0.05, 0.1) is 6.20 Å². The lowest BCUT2D eigenvalue weighted by molar-refractivity contribution is 0.767. The van der Waals surface area contributed by atoms with E-state index < -0.39 is 0 Å². The Kier molecular flexibility index (Phi) is 2.85. The zero-order valence-electron chi connectivity index (χ0n) is 9.73. The molecular formula is C11H15N5. The highest BCUT2D eigenvalue weighted by molar-refractivity contribution is 5.36. The van der Waals surface area contributed by atoms with Crippen molar-refractivity contribution in [1.82, 2.24) is 19.7 Å². The Balaban J connectivity index is 2.04. The molecule has 0 spiro atoms. The van der Waals surface area contributed by atoms with Crippen LogP contribution in [0.15, 0.2) is 18.5 Å². The van der Waals surface area contributed by atoms with E-state index >= 15 is 0 Å². The predicted molar refractivity (Wildman–Crippen MR) is 62.0 cm³/mol. The summed E-state index contributed by atoms with van der Waals surface area (Å²) < 4.78 is 1.79. The summed E-state index contributed by atoms with van der Waals surface area (Å²) >= 11 is 0. The Morgan fingerprint density at radius 3 is 2.75 bits per heavy atom. The Labute approximate surface area is 94.5 Å². The Hall–Kier alpha value is -1.91. The molecule has 5 heteroatoms. The fourth-order valence-electron chi connectivity index (χ4n) is 1.56. The van der Waals surface area contributed by atoms with Crippen molar-refractivity contribution < 1.29 is 0 Å². The number of aromatic nitrogens is 4. The van der Waals surface area contributed by atoms with Gasteiger partial charge in [-0.25, -0.2) is 9.97 Å². The summed E-state index contributed by atoms with van der Waals surface area (Å²) in [6.45, 7) is 4.58. The third-order valence-electron chi connectivity index (χ3n) is 2.20. The Morgan fingerprint density at radius 2 is 2.12 bits per heavy atom. The molecule has 0 bridgehead atoms. The molecule has 16 heavy (non-hydrogen) atoms. The van der Waals surface area contributed by atoms with Gasteiger partial charge < -0.3 is 5.32 Å². The highest BCUT2D eigenvalue weighted by Gasteiger charge is 1.99. The molecule has 1 N–H and O–H groups in total. The second kappa shape index (κ2) is 4.30. The van der Waals surface area contributed by atoms with E-state index in [9.17, 15) is 0 Å². The molecule has 0 atom stereocenters. The summed E-state index contributed by atoms with van der Waals surface area (Å²) in [5.41, 5.74) is 2.11. The maximum absolute atomic E-state index is 4.31. The second-order valence-electron chi connectivity index (χ2n) is 3.82. The number of nitrogens with one attached hydrogen (secondary N) is 1. The van der Waals surface area contributed by atoms with E-state index in [1.807, 2.05) is 39.4 Å². The molecule has 0 aliphatic carbocycles. The third kappa shape index (κ3) is 2.56. The highest BCUT2D eigenvalue weighted by atomic mass is 15.2. The molecule has 84 valence electrons. The van der Waals surface area contributed by atoms with Crippen LogP contribution in [0.4, 0.5) is 5.82 Å². The van der Waals surface area contributed by atoms with Crippen LogP contribution in [0.25, 0.3) is 0 Å². The number of nitrogens with zero attached hydrogens (tertiary/aromatic N) is 4. The van der Waals surface area contributed by atoms with Crippen molar-refractivity contribution in [1.29, 1.82) is 0 Å². The molecular weight excluding hydrogens is 202 g/mol. The normalized spacial score (nSPS) is 10.4. The molecule has 0 radical (unpaired) electrons. The lowest BCUT2D eigenvalue weighted by atomic mass is 10.3. The van der Waals surface area contributed by atoms with Crippen LogP contribution in [-0.4, -0.2) is 19.7 Å². The summed E-state index contributed by atoms with van der Waals surface area (Å²) in [6.07, 6.45) is 3.82. The summed E-state index contributed by atoms with van der Waals surface area (Å²) in [7, 11) is 1.91. The molecule has 0 aromatic carbocycles. The molecule has 2 heterocycles. The Morgan fingerprint density at radius 1 is 1.31 bits per heavy atom. The van der Waals surface area contributed by atoms with Gasteiger partial charge in [-0.2, -0.15) is 5.10 Å². The standard InChI is InChI=1S/C11H15N5/c1-8-4-11(15-9(2)14-8)12-5-10-6-13-16(3)7-10/h4,6-7H,5H2,1-3H3,(H,12,14,15). The lowest BCUT2D eigenvalue weighted by Crippen LogP contribution is -2.03. The monoisotopic (exact) mass is 217 g/mol. The average Bonchev–Trinajstić information content (AvgIpc) is 2.60. The van der Waals surface area contributed by atoms with Crippen LogP contribution in [0.1, 0.15) is 17.1 Å². The summed E-state index contributed by atoms with van der Waals surface area (Å²) in [5.74, 6) is 1.64. The SMILES string of the molecule is Cc1cc(NCc2cnn(C)c2)nc(C)n1. The van der Waals surface area contributed by atoms with Gasteiger partial charge in [0, 0.05) is 37.1 Å². The van der Waals surface area contributed by atoms with E-state index in [-0.39, 0.29) is 0 Å². The molecule has 0 saturated carbocycles. The fourth-order valence-corrected chi connectivity index (χ4v) is 1.56. The maximum Gasteiger partial charge on any atom is 0.130 e. The number of hydrogen-bond donors (Lipinski definition) is 1. The van der Waals surface area contributed by atoms with Gasteiger partial charge in [0.15, 0.2) is 0 Å². The topological polar surface area (TPSA) is 55.6 Å². The molecule has 0 unspecified atom stereocenters. The molecule has 0 saturated heterocycles. The molecule has 0 fully saturated rings. The minimum atomic E-state index is 0.726. The van der Waals surface area contributed by atoms with Crippen LogP contribution in [0, 0.1) is 13.8 Å². The number of hydrogen-bond acceptors (Lipinski definition) is 4. The fraction of sp³-hybridized carbons (Fsp3) is 0.364.